The molecule has 1 aliphatic carbocycles. The van der Waals surface area contributed by atoms with E-state index in [0.29, 0.717) is 6.04 Å². The van der Waals surface area contributed by atoms with Crippen LogP contribution in [0.15, 0.2) is 0 Å². The van der Waals surface area contributed by atoms with Gasteiger partial charge in [-0.1, -0.05) is 13.8 Å². The first kappa shape index (κ1) is 16.3. The highest BCUT2D eigenvalue weighted by Crippen LogP contribution is 2.28. The van der Waals surface area contributed by atoms with Gasteiger partial charge >= 0.3 is 0 Å². The van der Waals surface area contributed by atoms with Crippen LogP contribution in [-0.2, 0) is 0 Å². The summed E-state index contributed by atoms with van der Waals surface area (Å²) in [6.45, 7) is 9.68. The average molecular weight is 282 g/mol. The Morgan fingerprint density at radius 2 is 1.95 bits per heavy atom. The lowest BCUT2D eigenvalue weighted by Crippen LogP contribution is -2.50. The average Bonchev–Trinajstić information content (AvgIpc) is 3.25. The lowest BCUT2D eigenvalue weighted by Gasteiger charge is -2.38. The quantitative estimate of drug-likeness (QED) is 0.718. The number of rotatable bonds is 8. The van der Waals surface area contributed by atoms with Gasteiger partial charge in [0, 0.05) is 24.2 Å². The highest BCUT2D eigenvalue weighted by molar-refractivity contribution is 4.94. The number of hydrogen-bond donors (Lipinski definition) is 2. The normalized spacial score (nSPS) is 31.2. The van der Waals surface area contributed by atoms with Gasteiger partial charge in [0.15, 0.2) is 0 Å². The fourth-order valence-corrected chi connectivity index (χ4v) is 3.56. The van der Waals surface area contributed by atoms with Crippen molar-refractivity contribution in [2.75, 3.05) is 19.7 Å². The minimum absolute atomic E-state index is 0.0220. The van der Waals surface area contributed by atoms with E-state index in [1.54, 1.807) is 0 Å². The van der Waals surface area contributed by atoms with Crippen LogP contribution in [0.5, 0.6) is 0 Å². The molecule has 2 fully saturated rings. The molecule has 1 saturated carbocycles. The SMILES string of the molecule is CCC(CO)(CCCN1CC(C)CCC1C)NC1CC1. The first-order chi connectivity index (χ1) is 9.58. The minimum atomic E-state index is -0.0220. The lowest BCUT2D eigenvalue weighted by atomic mass is 9.90. The van der Waals surface area contributed by atoms with Gasteiger partial charge < -0.3 is 15.3 Å². The van der Waals surface area contributed by atoms with Gasteiger partial charge in [-0.15, -0.1) is 0 Å². The maximum absolute atomic E-state index is 9.81. The van der Waals surface area contributed by atoms with E-state index < -0.39 is 0 Å². The number of nitrogens with zero attached hydrogens (tertiary/aromatic N) is 1. The summed E-state index contributed by atoms with van der Waals surface area (Å²) in [5.41, 5.74) is -0.0220. The van der Waals surface area contributed by atoms with Gasteiger partial charge in [-0.25, -0.2) is 0 Å². The van der Waals surface area contributed by atoms with Crippen LogP contribution in [0, 0.1) is 5.92 Å². The molecule has 1 saturated heterocycles. The summed E-state index contributed by atoms with van der Waals surface area (Å²) in [6.07, 6.45) is 8.66. The van der Waals surface area contributed by atoms with Crippen LogP contribution in [0.3, 0.4) is 0 Å². The van der Waals surface area contributed by atoms with E-state index in [0.717, 1.165) is 24.8 Å². The Hall–Kier alpha value is -0.120. The van der Waals surface area contributed by atoms with Crippen molar-refractivity contribution in [1.82, 2.24) is 10.2 Å². The standard InChI is InChI=1S/C17H34N2O/c1-4-17(13-20,18-16-8-9-16)10-5-11-19-12-14(2)6-7-15(19)3/h14-16,18,20H,4-13H2,1-3H3. The summed E-state index contributed by atoms with van der Waals surface area (Å²) >= 11 is 0. The third kappa shape index (κ3) is 4.44. The topological polar surface area (TPSA) is 35.5 Å². The molecule has 1 aliphatic heterocycles. The largest absolute Gasteiger partial charge is 0.394 e. The molecular formula is C17H34N2O. The predicted octanol–water partition coefficient (Wildman–Crippen LogP) is 2.78. The summed E-state index contributed by atoms with van der Waals surface area (Å²) in [5.74, 6) is 0.851. The molecule has 0 aromatic rings. The van der Waals surface area contributed by atoms with Gasteiger partial charge in [-0.2, -0.15) is 0 Å². The third-order valence-corrected chi connectivity index (χ3v) is 5.41. The first-order valence-corrected chi connectivity index (χ1v) is 8.71. The molecule has 118 valence electrons. The van der Waals surface area contributed by atoms with Gasteiger partial charge in [0.05, 0.1) is 6.61 Å². The van der Waals surface area contributed by atoms with Gasteiger partial charge in [-0.05, 0) is 64.3 Å². The molecule has 0 amide bonds. The third-order valence-electron chi connectivity index (χ3n) is 5.41. The Balaban J connectivity index is 1.76. The van der Waals surface area contributed by atoms with Crippen molar-refractivity contribution in [2.24, 2.45) is 5.92 Å². The fraction of sp³-hybridized carbons (Fsp3) is 1.00. The maximum Gasteiger partial charge on any atom is 0.0613 e. The van der Waals surface area contributed by atoms with E-state index in [2.05, 4.69) is 31.0 Å². The Labute approximate surface area is 125 Å². The second kappa shape index (κ2) is 7.24. The van der Waals surface area contributed by atoms with Crippen molar-refractivity contribution in [2.45, 2.75) is 83.3 Å². The molecule has 0 radical (unpaired) electrons. The molecule has 1 heterocycles. The van der Waals surface area contributed by atoms with Gasteiger partial charge in [0.25, 0.3) is 0 Å². The molecule has 3 atom stereocenters. The summed E-state index contributed by atoms with van der Waals surface area (Å²) in [7, 11) is 0. The fourth-order valence-electron chi connectivity index (χ4n) is 3.56. The minimum Gasteiger partial charge on any atom is -0.394 e. The van der Waals surface area contributed by atoms with Crippen LogP contribution in [0.2, 0.25) is 0 Å². The van der Waals surface area contributed by atoms with E-state index in [1.165, 1.54) is 45.2 Å². The number of aliphatic hydroxyl groups is 1. The van der Waals surface area contributed by atoms with E-state index in [4.69, 9.17) is 0 Å². The molecule has 2 rings (SSSR count). The molecule has 0 aromatic carbocycles. The zero-order chi connectivity index (χ0) is 14.6. The zero-order valence-electron chi connectivity index (χ0n) is 13.7. The van der Waals surface area contributed by atoms with E-state index in [-0.39, 0.29) is 12.1 Å². The highest BCUT2D eigenvalue weighted by Gasteiger charge is 2.34. The van der Waals surface area contributed by atoms with Crippen LogP contribution >= 0.6 is 0 Å². The summed E-state index contributed by atoms with van der Waals surface area (Å²) in [4.78, 5) is 2.66. The monoisotopic (exact) mass is 282 g/mol. The van der Waals surface area contributed by atoms with E-state index in [9.17, 15) is 5.11 Å². The predicted molar refractivity (Wildman–Crippen MR) is 84.9 cm³/mol. The molecule has 0 bridgehead atoms. The van der Waals surface area contributed by atoms with Crippen molar-refractivity contribution in [3.8, 4) is 0 Å². The van der Waals surface area contributed by atoms with Crippen molar-refractivity contribution < 1.29 is 5.11 Å². The number of nitrogens with one attached hydrogen (secondary N) is 1. The van der Waals surface area contributed by atoms with Crippen molar-refractivity contribution in [3.05, 3.63) is 0 Å². The number of aliphatic hydroxyl groups excluding tert-OH is 1. The highest BCUT2D eigenvalue weighted by atomic mass is 16.3. The van der Waals surface area contributed by atoms with E-state index in [1.807, 2.05) is 0 Å². The molecule has 0 aromatic heterocycles. The molecule has 3 unspecified atom stereocenters. The second-order valence-electron chi connectivity index (χ2n) is 7.34. The van der Waals surface area contributed by atoms with Gasteiger partial charge in [0.2, 0.25) is 0 Å². The zero-order valence-corrected chi connectivity index (χ0v) is 13.7. The molecule has 3 nitrogen and oxygen atoms in total. The van der Waals surface area contributed by atoms with E-state index >= 15 is 0 Å². The number of piperidine rings is 1. The van der Waals surface area contributed by atoms with Crippen molar-refractivity contribution >= 4 is 0 Å². The Kier molecular flexibility index (Phi) is 5.88. The van der Waals surface area contributed by atoms with Crippen LogP contribution < -0.4 is 5.32 Å². The molecule has 0 spiro atoms. The van der Waals surface area contributed by atoms with Crippen LogP contribution in [0.25, 0.3) is 0 Å². The second-order valence-corrected chi connectivity index (χ2v) is 7.34. The van der Waals surface area contributed by atoms with Crippen LogP contribution in [0.4, 0.5) is 0 Å². The first-order valence-electron chi connectivity index (χ1n) is 8.71. The molecular weight excluding hydrogens is 248 g/mol. The van der Waals surface area contributed by atoms with Crippen molar-refractivity contribution in [3.63, 3.8) is 0 Å². The lowest BCUT2D eigenvalue weighted by molar-refractivity contribution is 0.105. The maximum atomic E-state index is 9.81. The summed E-state index contributed by atoms with van der Waals surface area (Å²) < 4.78 is 0. The van der Waals surface area contributed by atoms with Gasteiger partial charge in [0.1, 0.15) is 0 Å². The summed E-state index contributed by atoms with van der Waals surface area (Å²) in [5, 5.41) is 13.5. The molecule has 3 heteroatoms. The Bertz CT molecular complexity index is 287. The Morgan fingerprint density at radius 3 is 2.55 bits per heavy atom. The van der Waals surface area contributed by atoms with Crippen LogP contribution in [-0.4, -0.2) is 47.3 Å². The smallest absolute Gasteiger partial charge is 0.0613 e. The van der Waals surface area contributed by atoms with Crippen molar-refractivity contribution in [1.29, 1.82) is 0 Å². The molecule has 2 aliphatic rings. The van der Waals surface area contributed by atoms with Crippen LogP contribution in [0.1, 0.15) is 65.7 Å². The Morgan fingerprint density at radius 1 is 1.20 bits per heavy atom. The summed E-state index contributed by atoms with van der Waals surface area (Å²) in [6, 6.07) is 1.42. The number of hydrogen-bond acceptors (Lipinski definition) is 3. The number of likely N-dealkylation sites (tertiary alicyclic amines) is 1. The molecule has 2 N–H and O–H groups in total. The molecule has 20 heavy (non-hydrogen) atoms. The van der Waals surface area contributed by atoms with Gasteiger partial charge in [-0.3, -0.25) is 0 Å².